The van der Waals surface area contributed by atoms with Crippen LogP contribution in [-0.4, -0.2) is 61.3 Å². The predicted molar refractivity (Wildman–Crippen MR) is 103 cm³/mol. The molecule has 148 valence electrons. The number of aliphatic hydroxyl groups excluding tert-OH is 1. The van der Waals surface area contributed by atoms with Crippen LogP contribution in [0.3, 0.4) is 0 Å². The summed E-state index contributed by atoms with van der Waals surface area (Å²) in [5.74, 6) is -0.433. The van der Waals surface area contributed by atoms with Crippen molar-refractivity contribution in [1.29, 1.82) is 0 Å². The molecule has 8 rings (SSSR count). The van der Waals surface area contributed by atoms with Crippen molar-refractivity contribution < 1.29 is 19.4 Å². The maximum absolute atomic E-state index is 13.7. The van der Waals surface area contributed by atoms with Crippen molar-refractivity contribution in [3.63, 3.8) is 0 Å². The summed E-state index contributed by atoms with van der Waals surface area (Å²) in [5, 5.41) is 11.4. The Labute approximate surface area is 164 Å². The summed E-state index contributed by atoms with van der Waals surface area (Å²) in [6.07, 6.45) is 2.33. The number of aliphatic hydroxyl groups is 1. The molecule has 6 bridgehead atoms. The van der Waals surface area contributed by atoms with Crippen molar-refractivity contribution in [2.24, 2.45) is 11.3 Å². The number of likely N-dealkylation sites (N-methyl/N-ethyl adjacent to an activating group) is 1. The lowest BCUT2D eigenvalue weighted by atomic mass is 9.43. The van der Waals surface area contributed by atoms with Gasteiger partial charge in [0.2, 0.25) is 0 Å². The van der Waals surface area contributed by atoms with Gasteiger partial charge in [-0.1, -0.05) is 29.8 Å². The third-order valence-corrected chi connectivity index (χ3v) is 8.66. The summed E-state index contributed by atoms with van der Waals surface area (Å²) >= 11 is 0. The Balaban J connectivity index is 1.80. The highest BCUT2D eigenvalue weighted by Gasteiger charge is 2.89. The Morgan fingerprint density at radius 1 is 1.39 bits per heavy atom. The van der Waals surface area contributed by atoms with Crippen LogP contribution in [0.15, 0.2) is 35.9 Å². The highest BCUT2D eigenvalue weighted by Crippen LogP contribution is 2.77. The van der Waals surface area contributed by atoms with Crippen molar-refractivity contribution >= 4 is 11.7 Å². The molecule has 6 fully saturated rings. The minimum absolute atomic E-state index is 0.0864. The number of esters is 1. The number of anilines is 1. The molecule has 0 aromatic heterocycles. The Morgan fingerprint density at radius 3 is 2.93 bits per heavy atom. The molecule has 6 heterocycles. The molecule has 6 aliphatic heterocycles. The van der Waals surface area contributed by atoms with Gasteiger partial charge in [0, 0.05) is 31.7 Å². The molecule has 6 nitrogen and oxygen atoms in total. The van der Waals surface area contributed by atoms with Crippen LogP contribution in [0.4, 0.5) is 5.69 Å². The quantitative estimate of drug-likeness (QED) is 0.589. The van der Waals surface area contributed by atoms with Crippen molar-refractivity contribution in [2.75, 3.05) is 32.1 Å². The zero-order valence-corrected chi connectivity index (χ0v) is 16.5. The first-order valence-corrected chi connectivity index (χ1v) is 10.2. The molecule has 28 heavy (non-hydrogen) atoms. The van der Waals surface area contributed by atoms with E-state index in [2.05, 4.69) is 35.1 Å². The Morgan fingerprint density at radius 2 is 2.18 bits per heavy atom. The van der Waals surface area contributed by atoms with E-state index in [0.717, 1.165) is 37.2 Å². The maximum Gasteiger partial charge on any atom is 0.318 e. The van der Waals surface area contributed by atoms with Crippen LogP contribution in [0.5, 0.6) is 0 Å². The fraction of sp³-hybridized carbons (Fsp3) is 0.591. The number of nitrogens with zero attached hydrogens (tertiary/aromatic N) is 2. The van der Waals surface area contributed by atoms with Gasteiger partial charge in [0.25, 0.3) is 0 Å². The lowest BCUT2D eigenvalue weighted by molar-refractivity contribution is -0.331. The lowest BCUT2D eigenvalue weighted by Gasteiger charge is -2.67. The first-order valence-electron chi connectivity index (χ1n) is 10.2. The zero-order chi connectivity index (χ0) is 19.5. The second-order valence-electron chi connectivity index (χ2n) is 8.87. The molecule has 0 amide bonds. The normalized spacial score (nSPS) is 48.6. The number of fused-ring (bicyclic) bond motifs is 3. The van der Waals surface area contributed by atoms with Gasteiger partial charge in [-0.2, -0.15) is 0 Å². The van der Waals surface area contributed by atoms with Crippen molar-refractivity contribution in [1.82, 2.24) is 4.90 Å². The van der Waals surface area contributed by atoms with E-state index in [9.17, 15) is 9.90 Å². The largest absolute Gasteiger partial charge is 0.468 e. The van der Waals surface area contributed by atoms with E-state index in [1.165, 1.54) is 12.7 Å². The second-order valence-corrected chi connectivity index (χ2v) is 8.87. The van der Waals surface area contributed by atoms with Gasteiger partial charge in [-0.3, -0.25) is 9.69 Å². The van der Waals surface area contributed by atoms with Crippen molar-refractivity contribution in [3.8, 4) is 0 Å². The monoisotopic (exact) mass is 382 g/mol. The first-order chi connectivity index (χ1) is 13.5. The average Bonchev–Trinajstić information content (AvgIpc) is 3.11. The van der Waals surface area contributed by atoms with Gasteiger partial charge >= 0.3 is 5.97 Å². The molecule has 1 saturated carbocycles. The smallest absolute Gasteiger partial charge is 0.318 e. The molecule has 1 aromatic carbocycles. The van der Waals surface area contributed by atoms with E-state index in [4.69, 9.17) is 9.47 Å². The van der Waals surface area contributed by atoms with E-state index < -0.39 is 22.8 Å². The molecule has 1 aromatic rings. The summed E-state index contributed by atoms with van der Waals surface area (Å²) in [7, 11) is 3.56. The third kappa shape index (κ3) is 1.31. The van der Waals surface area contributed by atoms with Crippen LogP contribution < -0.4 is 4.90 Å². The molecule has 6 heteroatoms. The molecule has 5 saturated heterocycles. The van der Waals surface area contributed by atoms with Gasteiger partial charge in [0.1, 0.15) is 11.1 Å². The van der Waals surface area contributed by atoms with Gasteiger partial charge in [0.05, 0.1) is 18.6 Å². The Hall–Kier alpha value is -1.89. The van der Waals surface area contributed by atoms with E-state index in [1.54, 1.807) is 0 Å². The van der Waals surface area contributed by atoms with Crippen LogP contribution in [0.25, 0.3) is 0 Å². The lowest BCUT2D eigenvalue weighted by Crippen LogP contribution is -2.83. The van der Waals surface area contributed by atoms with Gasteiger partial charge < -0.3 is 19.5 Å². The molecular formula is C22H26N2O4. The van der Waals surface area contributed by atoms with Gasteiger partial charge in [-0.25, -0.2) is 0 Å². The third-order valence-electron chi connectivity index (χ3n) is 8.66. The molecule has 7 aliphatic rings. The fourth-order valence-electron chi connectivity index (χ4n) is 8.01. The molecule has 1 spiro atoms. The number of methoxy groups -OCH3 is 1. The van der Waals surface area contributed by atoms with Gasteiger partial charge in [-0.05, 0) is 31.4 Å². The standard InChI is InChI=1S/C22H26N2O4/c1-4-13-12-24-10-9-20-14-7-5-6-8-16(14)23(2)22(20,24)17-11-15(13)21(20,18(25)27-3)19(26)28-17/h4-8,15,17,19,26H,9-12H2,1-3H3/b13-4-. The molecule has 1 N–H and O–H groups in total. The first kappa shape index (κ1) is 17.0. The predicted octanol–water partition coefficient (Wildman–Crippen LogP) is 1.63. The summed E-state index contributed by atoms with van der Waals surface area (Å²) < 4.78 is 11.7. The van der Waals surface area contributed by atoms with Gasteiger partial charge in [-0.15, -0.1) is 0 Å². The summed E-state index contributed by atoms with van der Waals surface area (Å²) in [5.41, 5.74) is 1.31. The highest BCUT2D eigenvalue weighted by atomic mass is 16.6. The zero-order valence-electron chi connectivity index (χ0n) is 16.5. The fourth-order valence-corrected chi connectivity index (χ4v) is 8.01. The van der Waals surface area contributed by atoms with Gasteiger partial charge in [0.15, 0.2) is 6.29 Å². The number of hydrogen-bond donors (Lipinski definition) is 1. The number of hydrogen-bond acceptors (Lipinski definition) is 6. The Kier molecular flexibility index (Phi) is 3.03. The average molecular weight is 382 g/mol. The van der Waals surface area contributed by atoms with Crippen LogP contribution in [0.1, 0.15) is 25.3 Å². The number of benzene rings is 1. The number of carbonyl (C=O) groups excluding carboxylic acids is 1. The van der Waals surface area contributed by atoms with Crippen LogP contribution in [0.2, 0.25) is 0 Å². The summed E-state index contributed by atoms with van der Waals surface area (Å²) in [4.78, 5) is 18.5. The molecule has 7 unspecified atom stereocenters. The topological polar surface area (TPSA) is 62.2 Å². The second kappa shape index (κ2) is 4.99. The summed E-state index contributed by atoms with van der Waals surface area (Å²) in [6, 6.07) is 8.37. The van der Waals surface area contributed by atoms with E-state index in [0.29, 0.717) is 0 Å². The van der Waals surface area contributed by atoms with Crippen molar-refractivity contribution in [2.45, 2.75) is 43.2 Å². The van der Waals surface area contributed by atoms with Crippen LogP contribution in [0, 0.1) is 11.3 Å². The van der Waals surface area contributed by atoms with E-state index in [-0.39, 0.29) is 18.0 Å². The Bertz CT molecular complexity index is 931. The molecule has 0 radical (unpaired) electrons. The molecule has 1 aliphatic carbocycles. The highest BCUT2D eigenvalue weighted by molar-refractivity contribution is 5.87. The van der Waals surface area contributed by atoms with E-state index >= 15 is 0 Å². The van der Waals surface area contributed by atoms with Crippen molar-refractivity contribution in [3.05, 3.63) is 41.5 Å². The minimum atomic E-state index is -1.18. The minimum Gasteiger partial charge on any atom is -0.468 e. The number of carbonyl (C=O) groups is 1. The SMILES string of the molecule is C/C=C1/CN2CCC34c5ccccc5N(C)C23C2CC1C4(C(=O)OC)C(O)O2. The number of rotatable bonds is 1. The van der Waals surface area contributed by atoms with E-state index in [1.807, 2.05) is 19.1 Å². The maximum atomic E-state index is 13.7. The van der Waals surface area contributed by atoms with Crippen LogP contribution >= 0.6 is 0 Å². The molecule has 7 atom stereocenters. The summed E-state index contributed by atoms with van der Waals surface area (Å²) in [6.45, 7) is 3.71. The molecular weight excluding hydrogens is 356 g/mol. The number of para-hydroxylation sites is 1. The number of allylic oxidation sites excluding steroid dienone is 1. The number of ether oxygens (including phenoxy) is 2. The van der Waals surface area contributed by atoms with Crippen LogP contribution in [-0.2, 0) is 19.7 Å².